The lowest BCUT2D eigenvalue weighted by Gasteiger charge is -2.21. The van der Waals surface area contributed by atoms with Crippen molar-refractivity contribution in [2.75, 3.05) is 26.7 Å². The topological polar surface area (TPSA) is 55.6 Å². The first-order valence-corrected chi connectivity index (χ1v) is 5.71. The second-order valence-corrected chi connectivity index (χ2v) is 3.71. The third-order valence-corrected chi connectivity index (χ3v) is 2.54. The maximum absolute atomic E-state index is 11.1. The Labute approximate surface area is 92.8 Å². The van der Waals surface area contributed by atoms with Crippen molar-refractivity contribution in [3.8, 4) is 0 Å². The van der Waals surface area contributed by atoms with Gasteiger partial charge in [-0.1, -0.05) is 20.3 Å². The highest BCUT2D eigenvalue weighted by Crippen LogP contribution is 1.99. The van der Waals surface area contributed by atoms with Crippen LogP contribution in [0.25, 0.3) is 0 Å². The molecule has 0 aliphatic rings. The summed E-state index contributed by atoms with van der Waals surface area (Å²) in [5, 5.41) is 0. The number of ether oxygens (including phenoxy) is 1. The maximum atomic E-state index is 11.1. The number of hydrogen-bond acceptors (Lipinski definition) is 4. The minimum absolute atomic E-state index is 0.318. The number of nitrogens with two attached hydrogens (primary N) is 1. The molecule has 0 aromatic heterocycles. The Bertz CT molecular complexity index is 174. The average molecular weight is 216 g/mol. The van der Waals surface area contributed by atoms with Crippen molar-refractivity contribution >= 4 is 5.97 Å². The van der Waals surface area contributed by atoms with Crippen molar-refractivity contribution in [3.05, 3.63) is 0 Å². The zero-order chi connectivity index (χ0) is 11.7. The second kappa shape index (κ2) is 8.68. The Morgan fingerprint density at radius 3 is 2.53 bits per heavy atom. The van der Waals surface area contributed by atoms with E-state index in [1.54, 1.807) is 0 Å². The summed E-state index contributed by atoms with van der Waals surface area (Å²) in [6.45, 7) is 7.26. The van der Waals surface area contributed by atoms with Crippen molar-refractivity contribution < 1.29 is 9.53 Å². The summed E-state index contributed by atoms with van der Waals surface area (Å²) < 4.78 is 4.58. The van der Waals surface area contributed by atoms with Crippen LogP contribution >= 0.6 is 0 Å². The van der Waals surface area contributed by atoms with E-state index in [0.29, 0.717) is 6.42 Å². The Morgan fingerprint density at radius 1 is 1.40 bits per heavy atom. The molecule has 90 valence electrons. The summed E-state index contributed by atoms with van der Waals surface area (Å²) >= 11 is 0. The van der Waals surface area contributed by atoms with Gasteiger partial charge in [0, 0.05) is 6.54 Å². The van der Waals surface area contributed by atoms with Gasteiger partial charge in [0.2, 0.25) is 0 Å². The molecule has 0 saturated heterocycles. The van der Waals surface area contributed by atoms with Gasteiger partial charge in [-0.15, -0.1) is 0 Å². The minimum Gasteiger partial charge on any atom is -0.468 e. The normalized spacial score (nSPS) is 12.9. The largest absolute Gasteiger partial charge is 0.468 e. The van der Waals surface area contributed by atoms with E-state index < -0.39 is 6.04 Å². The van der Waals surface area contributed by atoms with Crippen molar-refractivity contribution in [2.24, 2.45) is 5.73 Å². The van der Waals surface area contributed by atoms with Gasteiger partial charge < -0.3 is 15.4 Å². The highest BCUT2D eigenvalue weighted by molar-refractivity contribution is 5.75. The highest BCUT2D eigenvalue weighted by atomic mass is 16.5. The first-order valence-electron chi connectivity index (χ1n) is 5.71. The van der Waals surface area contributed by atoms with Gasteiger partial charge in [-0.3, -0.25) is 4.79 Å². The predicted molar refractivity (Wildman–Crippen MR) is 61.6 cm³/mol. The number of carbonyl (C=O) groups excluding carboxylic acids is 1. The van der Waals surface area contributed by atoms with Crippen molar-refractivity contribution in [1.29, 1.82) is 0 Å². The van der Waals surface area contributed by atoms with Crippen LogP contribution in [0, 0.1) is 0 Å². The summed E-state index contributed by atoms with van der Waals surface area (Å²) in [5.41, 5.74) is 5.66. The SMILES string of the molecule is CCCCN(CC)CCC(N)C(=O)OC. The zero-order valence-corrected chi connectivity index (χ0v) is 10.2. The molecule has 0 heterocycles. The molecule has 1 atom stereocenters. The van der Waals surface area contributed by atoms with Gasteiger partial charge in [0.1, 0.15) is 6.04 Å². The average Bonchev–Trinajstić information content (AvgIpc) is 2.27. The van der Waals surface area contributed by atoms with Crippen LogP contribution in [-0.2, 0) is 9.53 Å². The summed E-state index contributed by atoms with van der Waals surface area (Å²) in [5.74, 6) is -0.318. The molecule has 0 saturated carbocycles. The van der Waals surface area contributed by atoms with E-state index >= 15 is 0 Å². The van der Waals surface area contributed by atoms with E-state index in [-0.39, 0.29) is 5.97 Å². The monoisotopic (exact) mass is 216 g/mol. The molecule has 15 heavy (non-hydrogen) atoms. The summed E-state index contributed by atoms with van der Waals surface area (Å²) in [7, 11) is 1.37. The molecule has 0 bridgehead atoms. The van der Waals surface area contributed by atoms with Gasteiger partial charge in [0.05, 0.1) is 7.11 Å². The van der Waals surface area contributed by atoms with E-state index in [0.717, 1.165) is 19.6 Å². The second-order valence-electron chi connectivity index (χ2n) is 3.71. The first kappa shape index (κ1) is 14.4. The number of unbranched alkanes of at least 4 members (excludes halogenated alkanes) is 1. The van der Waals surface area contributed by atoms with Gasteiger partial charge >= 0.3 is 5.97 Å². The molecule has 0 amide bonds. The molecule has 2 N–H and O–H groups in total. The highest BCUT2D eigenvalue weighted by Gasteiger charge is 2.14. The van der Waals surface area contributed by atoms with Crippen LogP contribution in [0.15, 0.2) is 0 Å². The van der Waals surface area contributed by atoms with Crippen LogP contribution in [-0.4, -0.2) is 43.7 Å². The molecule has 4 nitrogen and oxygen atoms in total. The molecule has 0 aliphatic heterocycles. The lowest BCUT2D eigenvalue weighted by Crippen LogP contribution is -2.36. The maximum Gasteiger partial charge on any atom is 0.322 e. The van der Waals surface area contributed by atoms with Crippen molar-refractivity contribution in [2.45, 2.75) is 39.2 Å². The third-order valence-electron chi connectivity index (χ3n) is 2.54. The van der Waals surface area contributed by atoms with Crippen LogP contribution in [0.2, 0.25) is 0 Å². The molecule has 1 unspecified atom stereocenters. The molecule has 0 rings (SSSR count). The lowest BCUT2D eigenvalue weighted by molar-refractivity contribution is -0.142. The number of carbonyl (C=O) groups is 1. The molecule has 0 aliphatic carbocycles. The zero-order valence-electron chi connectivity index (χ0n) is 10.2. The number of methoxy groups -OCH3 is 1. The smallest absolute Gasteiger partial charge is 0.322 e. The van der Waals surface area contributed by atoms with Crippen LogP contribution in [0.5, 0.6) is 0 Å². The Morgan fingerprint density at radius 2 is 2.07 bits per heavy atom. The molecule has 0 radical (unpaired) electrons. The Balaban J connectivity index is 3.74. The quantitative estimate of drug-likeness (QED) is 0.615. The fraction of sp³-hybridized carbons (Fsp3) is 0.909. The van der Waals surface area contributed by atoms with Crippen LogP contribution in [0.4, 0.5) is 0 Å². The van der Waals surface area contributed by atoms with E-state index in [1.165, 1.54) is 20.0 Å². The first-order chi connectivity index (χ1) is 7.15. The van der Waals surface area contributed by atoms with Gasteiger partial charge in [-0.25, -0.2) is 0 Å². The van der Waals surface area contributed by atoms with Crippen molar-refractivity contribution in [3.63, 3.8) is 0 Å². The molecule has 0 aromatic rings. The molecular weight excluding hydrogens is 192 g/mol. The van der Waals surface area contributed by atoms with E-state index in [4.69, 9.17) is 5.73 Å². The molecule has 0 fully saturated rings. The fourth-order valence-corrected chi connectivity index (χ4v) is 1.40. The number of rotatable bonds is 8. The summed E-state index contributed by atoms with van der Waals surface area (Å²) in [6, 6.07) is -0.481. The molecule has 0 spiro atoms. The van der Waals surface area contributed by atoms with Gasteiger partial charge in [0.25, 0.3) is 0 Å². The minimum atomic E-state index is -0.481. The van der Waals surface area contributed by atoms with Gasteiger partial charge in [0.15, 0.2) is 0 Å². The van der Waals surface area contributed by atoms with E-state index in [2.05, 4.69) is 23.5 Å². The standard InChI is InChI=1S/C11H24N2O2/c1-4-6-8-13(5-2)9-7-10(12)11(14)15-3/h10H,4-9,12H2,1-3H3. The Kier molecular flexibility index (Phi) is 8.33. The number of nitrogens with zero attached hydrogens (tertiary/aromatic N) is 1. The van der Waals surface area contributed by atoms with Crippen LogP contribution < -0.4 is 5.73 Å². The summed E-state index contributed by atoms with van der Waals surface area (Å²) in [4.78, 5) is 13.4. The van der Waals surface area contributed by atoms with Crippen LogP contribution in [0.1, 0.15) is 33.1 Å². The molecular formula is C11H24N2O2. The lowest BCUT2D eigenvalue weighted by atomic mass is 10.2. The number of esters is 1. The summed E-state index contributed by atoms with van der Waals surface area (Å²) in [6.07, 6.45) is 3.06. The fourth-order valence-electron chi connectivity index (χ4n) is 1.40. The predicted octanol–water partition coefficient (Wildman–Crippen LogP) is 0.999. The van der Waals surface area contributed by atoms with Crippen molar-refractivity contribution in [1.82, 2.24) is 4.90 Å². The van der Waals surface area contributed by atoms with Gasteiger partial charge in [-0.05, 0) is 25.9 Å². The van der Waals surface area contributed by atoms with E-state index in [9.17, 15) is 4.79 Å². The third kappa shape index (κ3) is 6.47. The van der Waals surface area contributed by atoms with Crippen LogP contribution in [0.3, 0.4) is 0 Å². The molecule has 0 aromatic carbocycles. The Hall–Kier alpha value is -0.610. The molecule has 4 heteroatoms. The van der Waals surface area contributed by atoms with E-state index in [1.807, 2.05) is 0 Å². The number of hydrogen-bond donors (Lipinski definition) is 1. The van der Waals surface area contributed by atoms with Gasteiger partial charge in [-0.2, -0.15) is 0 Å².